The zero-order chi connectivity index (χ0) is 29.6. The van der Waals surface area contributed by atoms with E-state index in [1.807, 2.05) is 0 Å². The quantitative estimate of drug-likeness (QED) is 0.194. The average molecular weight is 581 g/mol. The molecule has 3 aromatic carbocycles. The number of carboxylic acid groups (broad SMARTS) is 1. The molecule has 4 aromatic rings. The number of carboxylic acids is 1. The first-order valence-electron chi connectivity index (χ1n) is 11.5. The number of halogens is 5. The van der Waals surface area contributed by atoms with Gasteiger partial charge in [0, 0.05) is 17.1 Å². The maximum Gasteiger partial charge on any atom is 0.573 e. The van der Waals surface area contributed by atoms with E-state index >= 15 is 8.78 Å². The molecule has 13 heteroatoms. The minimum Gasteiger partial charge on any atom is -0.478 e. The van der Waals surface area contributed by atoms with E-state index in [9.17, 15) is 31.5 Å². The van der Waals surface area contributed by atoms with Crippen LogP contribution in [0.5, 0.6) is 5.75 Å². The molecule has 1 N–H and O–H groups in total. The van der Waals surface area contributed by atoms with Gasteiger partial charge in [-0.15, -0.1) is 13.2 Å². The maximum absolute atomic E-state index is 15.9. The molecule has 0 saturated carbocycles. The van der Waals surface area contributed by atoms with Crippen molar-refractivity contribution in [3.8, 4) is 16.9 Å². The number of carbonyl (C=O) groups is 1. The summed E-state index contributed by atoms with van der Waals surface area (Å²) in [5.74, 6) is -4.98. The van der Waals surface area contributed by atoms with E-state index in [0.717, 1.165) is 24.3 Å². The van der Waals surface area contributed by atoms with Crippen molar-refractivity contribution in [2.45, 2.75) is 32.5 Å². The molecule has 1 heterocycles. The first-order valence-corrected chi connectivity index (χ1v) is 12.7. The van der Waals surface area contributed by atoms with Crippen molar-refractivity contribution in [3.63, 3.8) is 0 Å². The SMILES string of the molecule is CC(C)(C)c1ccc(N(c2ccc(OC(F)(F)F)c(F)c2-c2ccc(C(=O)O)c3ncccc23)[SH](=O)=O)cc1F. The summed E-state index contributed by atoms with van der Waals surface area (Å²) in [7, 11) is -3.65. The number of alkyl halides is 3. The van der Waals surface area contributed by atoms with Crippen LogP contribution in [-0.4, -0.2) is 30.8 Å². The van der Waals surface area contributed by atoms with Crippen molar-refractivity contribution < 1.29 is 45.0 Å². The molecule has 1 aromatic heterocycles. The van der Waals surface area contributed by atoms with Gasteiger partial charge in [0.05, 0.1) is 22.5 Å². The van der Waals surface area contributed by atoms with Crippen LogP contribution in [0.1, 0.15) is 36.7 Å². The zero-order valence-corrected chi connectivity index (χ0v) is 22.0. The Bertz CT molecular complexity index is 1710. The van der Waals surface area contributed by atoms with E-state index in [4.69, 9.17) is 0 Å². The minimum absolute atomic E-state index is 0.00189. The molecular formula is C27H21F5N2O5S. The number of aromatic carboxylic acids is 1. The average Bonchev–Trinajstić information content (AvgIpc) is 2.84. The summed E-state index contributed by atoms with van der Waals surface area (Å²) in [6, 6.07) is 9.95. The monoisotopic (exact) mass is 580 g/mol. The molecule has 0 radical (unpaired) electrons. The zero-order valence-electron chi connectivity index (χ0n) is 21.1. The van der Waals surface area contributed by atoms with E-state index in [0.29, 0.717) is 10.4 Å². The fraction of sp³-hybridized carbons (Fsp3) is 0.185. The van der Waals surface area contributed by atoms with Crippen LogP contribution in [0, 0.1) is 11.6 Å². The molecule has 0 saturated heterocycles. The number of pyridine rings is 1. The van der Waals surface area contributed by atoms with E-state index in [1.165, 1.54) is 30.5 Å². The van der Waals surface area contributed by atoms with Crippen LogP contribution >= 0.6 is 0 Å². The molecule has 7 nitrogen and oxygen atoms in total. The predicted octanol–water partition coefficient (Wildman–Crippen LogP) is 6.74. The second-order valence-electron chi connectivity index (χ2n) is 9.65. The molecule has 0 aliphatic heterocycles. The summed E-state index contributed by atoms with van der Waals surface area (Å²) in [6.45, 7) is 5.22. The third-order valence-electron chi connectivity index (χ3n) is 5.98. The van der Waals surface area contributed by atoms with Crippen molar-refractivity contribution in [2.75, 3.05) is 4.31 Å². The number of fused-ring (bicyclic) bond motifs is 1. The molecule has 0 fully saturated rings. The van der Waals surface area contributed by atoms with E-state index < -0.39 is 57.3 Å². The molecule has 0 aliphatic carbocycles. The third-order valence-corrected chi connectivity index (χ3v) is 6.75. The minimum atomic E-state index is -5.29. The van der Waals surface area contributed by atoms with Crippen LogP contribution < -0.4 is 9.04 Å². The summed E-state index contributed by atoms with van der Waals surface area (Å²) in [5, 5.41) is 9.56. The lowest BCUT2D eigenvalue weighted by molar-refractivity contribution is -0.275. The van der Waals surface area contributed by atoms with Crippen LogP contribution in [0.3, 0.4) is 0 Å². The van der Waals surface area contributed by atoms with Crippen LogP contribution in [0.4, 0.5) is 33.3 Å². The highest BCUT2D eigenvalue weighted by atomic mass is 32.2. The van der Waals surface area contributed by atoms with Crippen LogP contribution in [0.25, 0.3) is 22.0 Å². The summed E-state index contributed by atoms with van der Waals surface area (Å²) in [6.07, 6.45) is -4.02. The molecular weight excluding hydrogens is 559 g/mol. The van der Waals surface area contributed by atoms with Gasteiger partial charge in [-0.2, -0.15) is 0 Å². The second kappa shape index (κ2) is 10.4. The molecule has 0 aliphatic rings. The largest absolute Gasteiger partial charge is 0.573 e. The third kappa shape index (κ3) is 5.55. The smallest absolute Gasteiger partial charge is 0.478 e. The van der Waals surface area contributed by atoms with Gasteiger partial charge in [0.1, 0.15) is 5.82 Å². The fourth-order valence-electron chi connectivity index (χ4n) is 4.31. The molecule has 4 rings (SSSR count). The number of hydrogen-bond acceptors (Lipinski definition) is 5. The lowest BCUT2D eigenvalue weighted by Gasteiger charge is -2.25. The Labute approximate surface area is 226 Å². The van der Waals surface area contributed by atoms with E-state index in [-0.39, 0.29) is 33.3 Å². The Balaban J connectivity index is 2.07. The normalized spacial score (nSPS) is 12.1. The van der Waals surface area contributed by atoms with Crippen molar-refractivity contribution in [1.82, 2.24) is 4.98 Å². The van der Waals surface area contributed by atoms with Crippen molar-refractivity contribution >= 4 is 39.1 Å². The molecule has 0 amide bonds. The Morgan fingerprint density at radius 3 is 2.27 bits per heavy atom. The molecule has 0 bridgehead atoms. The van der Waals surface area contributed by atoms with Crippen molar-refractivity contribution in [1.29, 1.82) is 0 Å². The van der Waals surface area contributed by atoms with Gasteiger partial charge in [0.25, 0.3) is 0 Å². The highest BCUT2D eigenvalue weighted by Crippen LogP contribution is 2.44. The van der Waals surface area contributed by atoms with Gasteiger partial charge in [0.2, 0.25) is 10.9 Å². The molecule has 0 spiro atoms. The predicted molar refractivity (Wildman–Crippen MR) is 138 cm³/mol. The van der Waals surface area contributed by atoms with Gasteiger partial charge in [-0.05, 0) is 52.9 Å². The highest BCUT2D eigenvalue weighted by molar-refractivity contribution is 7.74. The molecule has 40 heavy (non-hydrogen) atoms. The topological polar surface area (TPSA) is 96.8 Å². The first-order chi connectivity index (χ1) is 18.6. The van der Waals surface area contributed by atoms with Crippen LogP contribution in [0.2, 0.25) is 0 Å². The van der Waals surface area contributed by atoms with E-state index in [1.54, 1.807) is 20.8 Å². The maximum atomic E-state index is 15.9. The van der Waals surface area contributed by atoms with Crippen molar-refractivity contribution in [3.05, 3.63) is 83.6 Å². The van der Waals surface area contributed by atoms with Gasteiger partial charge in [-0.1, -0.05) is 39.0 Å². The molecule has 0 unspecified atom stereocenters. The van der Waals surface area contributed by atoms with Crippen LogP contribution in [-0.2, 0) is 16.3 Å². The summed E-state index contributed by atoms with van der Waals surface area (Å²) < 4.78 is 99.6. The van der Waals surface area contributed by atoms with Gasteiger partial charge in [0.15, 0.2) is 11.6 Å². The van der Waals surface area contributed by atoms with Gasteiger partial charge in [-0.3, -0.25) is 4.98 Å². The van der Waals surface area contributed by atoms with Gasteiger partial charge < -0.3 is 9.84 Å². The number of thiol groups is 1. The summed E-state index contributed by atoms with van der Waals surface area (Å²) in [5.41, 5.74) is -2.36. The lowest BCUT2D eigenvalue weighted by atomic mass is 9.86. The number of aromatic nitrogens is 1. The number of rotatable bonds is 6. The van der Waals surface area contributed by atoms with Gasteiger partial charge >= 0.3 is 12.3 Å². The number of ether oxygens (including phenoxy) is 1. The van der Waals surface area contributed by atoms with E-state index in [2.05, 4.69) is 9.72 Å². The standard InChI is InChI=1S/C27H21F5N2O5S/c1-26(2,3)18-9-6-14(13-19(18)28)34(40(37)38)20-10-11-21(39-27(30,31)32)23(29)22(20)15-7-8-17(25(35)36)24-16(15)5-4-12-33-24/h4-13,40H,1-3H3,(H,35,36). The molecule has 0 atom stereocenters. The Kier molecular flexibility index (Phi) is 7.45. The highest BCUT2D eigenvalue weighted by Gasteiger charge is 2.34. The number of hydrogen-bond donors (Lipinski definition) is 2. The fourth-order valence-corrected chi connectivity index (χ4v) is 4.97. The first kappa shape index (κ1) is 28.7. The van der Waals surface area contributed by atoms with Crippen LogP contribution in [0.15, 0.2) is 60.8 Å². The molecule has 210 valence electrons. The Morgan fingerprint density at radius 2 is 1.70 bits per heavy atom. The van der Waals surface area contributed by atoms with Crippen molar-refractivity contribution in [2.24, 2.45) is 0 Å². The number of benzene rings is 3. The second-order valence-corrected chi connectivity index (χ2v) is 10.5. The summed E-state index contributed by atoms with van der Waals surface area (Å²) in [4.78, 5) is 15.8. The van der Waals surface area contributed by atoms with Gasteiger partial charge in [-0.25, -0.2) is 26.3 Å². The Morgan fingerprint density at radius 1 is 1.00 bits per heavy atom. The number of anilines is 2. The Hall–Kier alpha value is -4.26. The summed E-state index contributed by atoms with van der Waals surface area (Å²) >= 11 is 0. The lowest BCUT2D eigenvalue weighted by Crippen LogP contribution is -2.20. The number of nitrogens with zero attached hydrogens (tertiary/aromatic N) is 2.